The van der Waals surface area contributed by atoms with Crippen LogP contribution in [-0.4, -0.2) is 48.5 Å². The first-order chi connectivity index (χ1) is 13.9. The summed E-state index contributed by atoms with van der Waals surface area (Å²) in [6, 6.07) is 0. The molecule has 0 aromatic heterocycles. The quantitative estimate of drug-likeness (QED) is 0.109. The molecule has 0 aromatic carbocycles. The van der Waals surface area contributed by atoms with Gasteiger partial charge in [-0.1, -0.05) is 48.5 Å². The molecule has 39 heavy (non-hydrogen) atoms. The zero-order valence-corrected chi connectivity index (χ0v) is 27.9. The van der Waals surface area contributed by atoms with Crippen molar-refractivity contribution < 1.29 is 87.4 Å². The van der Waals surface area contributed by atoms with E-state index in [1.54, 1.807) is 54.9 Å². The molecule has 0 atom stereocenters. The summed E-state index contributed by atoms with van der Waals surface area (Å²) in [5.41, 5.74) is 12.2. The Morgan fingerprint density at radius 3 is 0.769 bits per heavy atom. The number of Topliss-reactive ketones (excluding diaryl/α,β-unsaturated/α-hetero) is 1. The molecule has 22 nitrogen and oxygen atoms in total. The molecule has 0 unspecified atom stereocenters. The van der Waals surface area contributed by atoms with Crippen LogP contribution in [0.5, 0.6) is 0 Å². The van der Waals surface area contributed by atoms with E-state index in [1.807, 2.05) is 6.92 Å². The summed E-state index contributed by atoms with van der Waals surface area (Å²) < 4.78 is 0. The SMILES string of the molecule is CC(C)(C)C([NH-])=O.CC(C)(C)C([NH-])=O.C[CH-]C(=O)CC.N.N.N.N.N.O=[N+]([O-])O.O=[N+]([O-])O.O=[N+]([O-])O.[Pt].[Pt]. The number of hydrogen-bond acceptors (Lipinski definition) is 14. The van der Waals surface area contributed by atoms with Crippen LogP contribution in [0.1, 0.15) is 61.8 Å². The minimum Gasteiger partial charge on any atom is -0.667 e. The molecule has 0 rings (SSSR count). The molecule has 0 fully saturated rings. The number of nitrogens with one attached hydrogen (secondary N) is 2. The zero-order valence-electron chi connectivity index (χ0n) is 23.3. The molecule has 0 radical (unpaired) electrons. The molecule has 0 spiro atoms. The van der Waals surface area contributed by atoms with Crippen LogP contribution < -0.4 is 30.8 Å². The van der Waals surface area contributed by atoms with Gasteiger partial charge in [-0.2, -0.15) is 6.92 Å². The third-order valence-electron chi connectivity index (χ3n) is 2.03. The van der Waals surface area contributed by atoms with Gasteiger partial charge in [0, 0.05) is 53.0 Å². The van der Waals surface area contributed by atoms with Crippen molar-refractivity contribution in [2.45, 2.75) is 61.8 Å². The smallest absolute Gasteiger partial charge is 0.291 e. The molecule has 252 valence electrons. The molecule has 20 N–H and O–H groups in total. The van der Waals surface area contributed by atoms with Gasteiger partial charge in [0.05, 0.1) is 11.8 Å². The van der Waals surface area contributed by atoms with Gasteiger partial charge in [-0.15, -0.1) is 30.3 Å². The van der Waals surface area contributed by atoms with Crippen LogP contribution in [-0.2, 0) is 56.5 Å². The van der Waals surface area contributed by atoms with E-state index in [1.165, 1.54) is 0 Å². The first kappa shape index (κ1) is 83.3. The third kappa shape index (κ3) is 222. The molecule has 0 aromatic rings. The number of nitrogens with zero attached hydrogens (tertiary/aromatic N) is 3. The fraction of sp³-hybridized carbons (Fsp3) is 0.733. The summed E-state index contributed by atoms with van der Waals surface area (Å²) in [5.74, 6) is -0.796. The largest absolute Gasteiger partial charge is 0.667 e. The van der Waals surface area contributed by atoms with Crippen LogP contribution in [0.4, 0.5) is 0 Å². The normalized spacial score (nSPS) is 7.08. The van der Waals surface area contributed by atoms with Gasteiger partial charge in [0.25, 0.3) is 15.3 Å². The van der Waals surface area contributed by atoms with Crippen LogP contribution >= 0.6 is 0 Å². The Kier molecular flexibility index (Phi) is 103. The van der Waals surface area contributed by atoms with Crippen LogP contribution in [0.2, 0.25) is 0 Å². The molecular formula is C15H47N10O12Pt2-3. The molecule has 24 heteroatoms. The molecule has 0 heterocycles. The average molecular weight is 950 g/mol. The monoisotopic (exact) mass is 949 g/mol. The second kappa shape index (κ2) is 48.3. The Balaban J connectivity index is -0.0000000185. The van der Waals surface area contributed by atoms with Crippen LogP contribution in [0, 0.1) is 47.6 Å². The number of carbonyl (C=O) groups is 3. The maximum atomic E-state index is 10.1. The molecule has 2 amide bonds. The molecule has 0 aliphatic rings. The second-order valence-corrected chi connectivity index (χ2v) is 6.98. The van der Waals surface area contributed by atoms with Crippen molar-refractivity contribution in [3.63, 3.8) is 0 Å². The van der Waals surface area contributed by atoms with Gasteiger partial charge < -0.3 is 78.6 Å². The molecule has 0 saturated heterocycles. The van der Waals surface area contributed by atoms with Crippen molar-refractivity contribution in [3.8, 4) is 0 Å². The fourth-order valence-electron chi connectivity index (χ4n) is 0.204. The van der Waals surface area contributed by atoms with Gasteiger partial charge >= 0.3 is 0 Å². The van der Waals surface area contributed by atoms with E-state index in [-0.39, 0.29) is 78.7 Å². The minimum atomic E-state index is -1.50. The Morgan fingerprint density at radius 1 is 0.667 bits per heavy atom. The number of rotatable bonds is 2. The Bertz CT molecular complexity index is 520. The summed E-state index contributed by atoms with van der Waals surface area (Å²) >= 11 is 0. The molecular weight excluding hydrogens is 902 g/mol. The van der Waals surface area contributed by atoms with Gasteiger partial charge in [-0.3, -0.25) is 0 Å². The summed E-state index contributed by atoms with van der Waals surface area (Å²) in [6.45, 7) is 14.0. The van der Waals surface area contributed by atoms with Gasteiger partial charge in [0.15, 0.2) is 0 Å². The number of amides is 2. The van der Waals surface area contributed by atoms with E-state index < -0.39 is 37.9 Å². The molecule has 0 bridgehead atoms. The van der Waals surface area contributed by atoms with E-state index in [0.717, 1.165) is 0 Å². The van der Waals surface area contributed by atoms with Crippen LogP contribution in [0.3, 0.4) is 0 Å². The third-order valence-corrected chi connectivity index (χ3v) is 2.03. The summed E-state index contributed by atoms with van der Waals surface area (Å²) in [7, 11) is 0. The Morgan fingerprint density at radius 2 is 0.769 bits per heavy atom. The number of ketones is 1. The van der Waals surface area contributed by atoms with Crippen molar-refractivity contribution in [1.29, 1.82) is 0 Å². The summed E-state index contributed by atoms with van der Waals surface area (Å²) in [6.07, 6.45) is 2.22. The van der Waals surface area contributed by atoms with E-state index in [4.69, 9.17) is 57.4 Å². The topological polar surface area (TPSA) is 464 Å². The average Bonchev–Trinajstić information content (AvgIpc) is 2.51. The first-order valence-corrected chi connectivity index (χ1v) is 8.23. The number of hydrogen-bond donors (Lipinski definition) is 8. The first-order valence-electron chi connectivity index (χ1n) is 8.23. The van der Waals surface area contributed by atoms with Gasteiger partial charge in [-0.05, 0) is 12.2 Å². The maximum Gasteiger partial charge on any atom is 0.291 e. The summed E-state index contributed by atoms with van der Waals surface area (Å²) in [5, 5.41) is 40.9. The van der Waals surface area contributed by atoms with E-state index in [0.29, 0.717) is 6.42 Å². The minimum absolute atomic E-state index is 0. The Labute approximate surface area is 256 Å². The molecule has 0 saturated carbocycles. The van der Waals surface area contributed by atoms with Crippen LogP contribution in [0.25, 0.3) is 11.5 Å². The molecule has 0 aliphatic heterocycles. The van der Waals surface area contributed by atoms with Gasteiger partial charge in [0.2, 0.25) is 0 Å². The fourth-order valence-corrected chi connectivity index (χ4v) is 0.204. The summed E-state index contributed by atoms with van der Waals surface area (Å²) in [4.78, 5) is 55.5. The van der Waals surface area contributed by atoms with E-state index in [9.17, 15) is 14.4 Å². The van der Waals surface area contributed by atoms with Crippen molar-refractivity contribution in [1.82, 2.24) is 30.8 Å². The van der Waals surface area contributed by atoms with Crippen molar-refractivity contribution in [3.05, 3.63) is 48.2 Å². The van der Waals surface area contributed by atoms with Crippen molar-refractivity contribution in [2.24, 2.45) is 10.8 Å². The van der Waals surface area contributed by atoms with Crippen molar-refractivity contribution >= 4 is 17.6 Å². The van der Waals surface area contributed by atoms with E-state index in [2.05, 4.69) is 0 Å². The van der Waals surface area contributed by atoms with Gasteiger partial charge in [-0.25, -0.2) is 0 Å². The predicted octanol–water partition coefficient (Wildman–Crippen LogP) is 4.17. The standard InChI is InChI=1S/2C5H11NO.C5H9O.3HNO3.5H3N.2Pt/c2*1-5(2,3)4(6)7;1-3-5(6)4-2;3*2-1(3)4;;;;;;;/h2*1-3H3,(H2,6,7);3H,4H2,1-2H3;3*(H,2,3,4);5*1H3;;/q;;-1;;;;;;;;;;/p-2. The Hall–Kier alpha value is -2.74. The van der Waals surface area contributed by atoms with Gasteiger partial charge in [0.1, 0.15) is 0 Å². The number of carbonyl (C=O) groups excluding carboxylic acids is 3. The second-order valence-electron chi connectivity index (χ2n) is 6.98. The van der Waals surface area contributed by atoms with Crippen molar-refractivity contribution in [2.75, 3.05) is 0 Å². The van der Waals surface area contributed by atoms with E-state index >= 15 is 0 Å². The van der Waals surface area contributed by atoms with Crippen LogP contribution in [0.15, 0.2) is 0 Å². The maximum absolute atomic E-state index is 10.1. The molecule has 0 aliphatic carbocycles. The predicted molar refractivity (Wildman–Crippen MR) is 134 cm³/mol. The zero-order chi connectivity index (χ0) is 27.9.